The molecule has 0 aliphatic carbocycles. The molecule has 0 amide bonds. The number of halogens is 2. The van der Waals surface area contributed by atoms with Crippen LogP contribution in [0.25, 0.3) is 0 Å². The maximum atomic E-state index is 5.47. The van der Waals surface area contributed by atoms with Crippen molar-refractivity contribution in [3.63, 3.8) is 0 Å². The Balaban J connectivity index is 0.00000180. The summed E-state index contributed by atoms with van der Waals surface area (Å²) in [6, 6.07) is 14.1. The van der Waals surface area contributed by atoms with E-state index in [1.807, 2.05) is 43.5 Å². The molecular weight excluding hydrogens is 295 g/mol. The number of benzene rings is 1. The number of ether oxygens (including phenoxy) is 1. The first kappa shape index (κ1) is 18.7. The Morgan fingerprint density at radius 3 is 2.60 bits per heavy atom. The molecule has 0 radical (unpaired) electrons. The Kier molecular flexibility index (Phi) is 9.82. The fraction of sp³-hybridized carbons (Fsp3) is 0.267. The third kappa shape index (κ3) is 6.24. The van der Waals surface area contributed by atoms with Gasteiger partial charge in [-0.15, -0.1) is 24.8 Å². The standard InChI is InChI=1S/C15H18N2O.2ClH/c1-2-18-15-8-5-6-13(10-15)11-16-12-14-7-3-4-9-17-14;;/h3-10,16H,2,11-12H2,1H3;2*1H. The van der Waals surface area contributed by atoms with Gasteiger partial charge in [-0.25, -0.2) is 0 Å². The van der Waals surface area contributed by atoms with Crippen LogP contribution in [0.4, 0.5) is 0 Å². The molecule has 0 aliphatic heterocycles. The molecule has 1 aromatic carbocycles. The molecule has 0 unspecified atom stereocenters. The van der Waals surface area contributed by atoms with E-state index >= 15 is 0 Å². The number of nitrogens with zero attached hydrogens (tertiary/aromatic N) is 1. The summed E-state index contributed by atoms with van der Waals surface area (Å²) in [6.45, 7) is 4.29. The van der Waals surface area contributed by atoms with Gasteiger partial charge >= 0.3 is 0 Å². The maximum Gasteiger partial charge on any atom is 0.119 e. The van der Waals surface area contributed by atoms with Crippen LogP contribution in [0.2, 0.25) is 0 Å². The average molecular weight is 315 g/mol. The Bertz CT molecular complexity index is 480. The van der Waals surface area contributed by atoms with Crippen LogP contribution in [-0.2, 0) is 13.1 Å². The fourth-order valence-electron chi connectivity index (χ4n) is 1.75. The Morgan fingerprint density at radius 1 is 1.05 bits per heavy atom. The molecule has 2 rings (SSSR count). The summed E-state index contributed by atoms with van der Waals surface area (Å²) in [4.78, 5) is 4.27. The second-order valence-electron chi connectivity index (χ2n) is 4.01. The first-order valence-corrected chi connectivity index (χ1v) is 6.21. The molecule has 3 nitrogen and oxygen atoms in total. The SMILES string of the molecule is CCOc1cccc(CNCc2ccccn2)c1.Cl.Cl. The van der Waals surface area contributed by atoms with Crippen molar-refractivity contribution in [2.24, 2.45) is 0 Å². The normalized spacial score (nSPS) is 9.25. The third-order valence-electron chi connectivity index (χ3n) is 2.57. The van der Waals surface area contributed by atoms with Crippen molar-refractivity contribution >= 4 is 24.8 Å². The fourth-order valence-corrected chi connectivity index (χ4v) is 1.75. The number of rotatable bonds is 6. The highest BCUT2D eigenvalue weighted by Gasteiger charge is 1.97. The molecule has 0 fully saturated rings. The van der Waals surface area contributed by atoms with E-state index in [1.165, 1.54) is 5.56 Å². The lowest BCUT2D eigenvalue weighted by molar-refractivity contribution is 0.340. The highest BCUT2D eigenvalue weighted by atomic mass is 35.5. The molecule has 0 saturated heterocycles. The van der Waals surface area contributed by atoms with Gasteiger partial charge in [0.2, 0.25) is 0 Å². The first-order valence-electron chi connectivity index (χ1n) is 6.21. The average Bonchev–Trinajstić information content (AvgIpc) is 2.41. The van der Waals surface area contributed by atoms with Gasteiger partial charge in [0.25, 0.3) is 0 Å². The molecule has 2 aromatic rings. The minimum atomic E-state index is 0. The van der Waals surface area contributed by atoms with E-state index in [-0.39, 0.29) is 24.8 Å². The van der Waals surface area contributed by atoms with Crippen molar-refractivity contribution in [2.75, 3.05) is 6.61 Å². The van der Waals surface area contributed by atoms with E-state index < -0.39 is 0 Å². The monoisotopic (exact) mass is 314 g/mol. The molecule has 1 heterocycles. The Labute approximate surface area is 132 Å². The van der Waals surface area contributed by atoms with Gasteiger partial charge in [0.05, 0.1) is 12.3 Å². The summed E-state index contributed by atoms with van der Waals surface area (Å²) in [5.74, 6) is 0.926. The van der Waals surface area contributed by atoms with Crippen LogP contribution in [-0.4, -0.2) is 11.6 Å². The van der Waals surface area contributed by atoms with Gasteiger partial charge in [0.15, 0.2) is 0 Å². The summed E-state index contributed by atoms with van der Waals surface area (Å²) in [6.07, 6.45) is 1.81. The molecule has 0 atom stereocenters. The van der Waals surface area contributed by atoms with Crippen molar-refractivity contribution in [3.05, 3.63) is 59.9 Å². The van der Waals surface area contributed by atoms with E-state index in [9.17, 15) is 0 Å². The van der Waals surface area contributed by atoms with Crippen molar-refractivity contribution in [2.45, 2.75) is 20.0 Å². The summed E-state index contributed by atoms with van der Waals surface area (Å²) >= 11 is 0. The van der Waals surface area contributed by atoms with E-state index in [2.05, 4.69) is 22.4 Å². The zero-order valence-corrected chi connectivity index (χ0v) is 13.0. The minimum Gasteiger partial charge on any atom is -0.494 e. The van der Waals surface area contributed by atoms with E-state index in [0.29, 0.717) is 6.61 Å². The third-order valence-corrected chi connectivity index (χ3v) is 2.57. The molecule has 20 heavy (non-hydrogen) atoms. The van der Waals surface area contributed by atoms with Crippen LogP contribution in [0, 0.1) is 0 Å². The molecule has 0 spiro atoms. The number of hydrogen-bond donors (Lipinski definition) is 1. The van der Waals surface area contributed by atoms with Gasteiger partial charge in [0.1, 0.15) is 5.75 Å². The van der Waals surface area contributed by atoms with Crippen molar-refractivity contribution in [1.29, 1.82) is 0 Å². The largest absolute Gasteiger partial charge is 0.494 e. The predicted octanol–water partition coefficient (Wildman–Crippen LogP) is 3.61. The van der Waals surface area contributed by atoms with Crippen LogP contribution in [0.15, 0.2) is 48.7 Å². The number of hydrogen-bond acceptors (Lipinski definition) is 3. The maximum absolute atomic E-state index is 5.47. The smallest absolute Gasteiger partial charge is 0.119 e. The lowest BCUT2D eigenvalue weighted by Crippen LogP contribution is -2.13. The molecule has 1 N–H and O–H groups in total. The predicted molar refractivity (Wildman–Crippen MR) is 86.9 cm³/mol. The summed E-state index contributed by atoms with van der Waals surface area (Å²) in [7, 11) is 0. The highest BCUT2D eigenvalue weighted by molar-refractivity contribution is 5.85. The zero-order chi connectivity index (χ0) is 12.6. The lowest BCUT2D eigenvalue weighted by atomic mass is 10.2. The van der Waals surface area contributed by atoms with Crippen molar-refractivity contribution in [1.82, 2.24) is 10.3 Å². The summed E-state index contributed by atoms with van der Waals surface area (Å²) in [5, 5.41) is 3.37. The Hall–Kier alpha value is -1.29. The molecule has 0 saturated carbocycles. The van der Waals surface area contributed by atoms with Crippen LogP contribution in [0.1, 0.15) is 18.2 Å². The van der Waals surface area contributed by atoms with Crippen LogP contribution >= 0.6 is 24.8 Å². The molecule has 5 heteroatoms. The van der Waals surface area contributed by atoms with Gasteiger partial charge in [-0.2, -0.15) is 0 Å². The van der Waals surface area contributed by atoms with Crippen LogP contribution in [0.3, 0.4) is 0 Å². The van der Waals surface area contributed by atoms with Crippen LogP contribution in [0.5, 0.6) is 5.75 Å². The first-order chi connectivity index (χ1) is 8.88. The van der Waals surface area contributed by atoms with E-state index in [4.69, 9.17) is 4.74 Å². The number of aromatic nitrogens is 1. The second kappa shape index (κ2) is 10.5. The summed E-state index contributed by atoms with van der Waals surface area (Å²) in [5.41, 5.74) is 2.27. The van der Waals surface area contributed by atoms with Crippen molar-refractivity contribution < 1.29 is 4.74 Å². The van der Waals surface area contributed by atoms with Gasteiger partial charge in [-0.1, -0.05) is 18.2 Å². The summed E-state index contributed by atoms with van der Waals surface area (Å²) < 4.78 is 5.47. The topological polar surface area (TPSA) is 34.1 Å². The highest BCUT2D eigenvalue weighted by Crippen LogP contribution is 2.13. The lowest BCUT2D eigenvalue weighted by Gasteiger charge is -2.07. The van der Waals surface area contributed by atoms with Gasteiger partial charge in [0, 0.05) is 19.3 Å². The molecule has 1 aromatic heterocycles. The van der Waals surface area contributed by atoms with Crippen LogP contribution < -0.4 is 10.1 Å². The molecular formula is C15H20Cl2N2O. The Morgan fingerprint density at radius 2 is 1.90 bits per heavy atom. The quantitative estimate of drug-likeness (QED) is 0.884. The zero-order valence-electron chi connectivity index (χ0n) is 11.4. The second-order valence-corrected chi connectivity index (χ2v) is 4.01. The van der Waals surface area contributed by atoms with Gasteiger partial charge < -0.3 is 10.1 Å². The molecule has 0 bridgehead atoms. The molecule has 0 aliphatic rings. The van der Waals surface area contributed by atoms with E-state index in [0.717, 1.165) is 24.5 Å². The van der Waals surface area contributed by atoms with Gasteiger partial charge in [-0.05, 0) is 36.8 Å². The number of pyridine rings is 1. The van der Waals surface area contributed by atoms with Crippen molar-refractivity contribution in [3.8, 4) is 5.75 Å². The number of nitrogens with one attached hydrogen (secondary N) is 1. The minimum absolute atomic E-state index is 0. The van der Waals surface area contributed by atoms with Gasteiger partial charge in [-0.3, -0.25) is 4.98 Å². The molecule has 110 valence electrons. The van der Waals surface area contributed by atoms with E-state index in [1.54, 1.807) is 0 Å².